The zero-order chi connectivity index (χ0) is 7.57. The largest absolute Gasteiger partial charge is 0.240 e. The maximum absolute atomic E-state index is 4.57. The van der Waals surface area contributed by atoms with E-state index in [4.69, 9.17) is 0 Å². The van der Waals surface area contributed by atoms with Crippen LogP contribution >= 0.6 is 0 Å². The first kappa shape index (κ1) is 7.56. The molecule has 11 heavy (non-hydrogen) atoms. The highest BCUT2D eigenvalue weighted by atomic mass is 15.4. The molecule has 2 rings (SSSR count). The molecule has 0 aromatic rings. The summed E-state index contributed by atoms with van der Waals surface area (Å²) in [5.41, 5.74) is 8.11. The van der Waals surface area contributed by atoms with Crippen LogP contribution in [0.15, 0.2) is 0 Å². The molecule has 2 fully saturated rings. The predicted octanol–water partition coefficient (Wildman–Crippen LogP) is 1.59. The molecule has 1 heterocycles. The van der Waals surface area contributed by atoms with Crippen molar-refractivity contribution >= 4 is 0 Å². The van der Waals surface area contributed by atoms with Gasteiger partial charge in [-0.1, -0.05) is 19.3 Å². The summed E-state index contributed by atoms with van der Waals surface area (Å²) in [5.74, 6) is 0. The Morgan fingerprint density at radius 3 is 2.27 bits per heavy atom. The van der Waals surface area contributed by atoms with Gasteiger partial charge in [0.05, 0.1) is 5.54 Å². The van der Waals surface area contributed by atoms with E-state index in [1.807, 2.05) is 0 Å². The van der Waals surface area contributed by atoms with E-state index in [9.17, 15) is 0 Å². The summed E-state index contributed by atoms with van der Waals surface area (Å²) < 4.78 is 0. The van der Waals surface area contributed by atoms with Crippen molar-refractivity contribution in [2.24, 2.45) is 0 Å². The second-order valence-corrected chi connectivity index (χ2v) is 3.91. The van der Waals surface area contributed by atoms with Gasteiger partial charge < -0.3 is 0 Å². The lowest BCUT2D eigenvalue weighted by atomic mass is 9.78. The molecule has 0 bridgehead atoms. The summed E-state index contributed by atoms with van der Waals surface area (Å²) in [6.45, 7) is 1.10. The van der Waals surface area contributed by atoms with Gasteiger partial charge in [-0.2, -0.15) is 5.43 Å². The molecule has 63 valence electrons. The molecule has 1 N–H and O–H groups in total. The zero-order valence-corrected chi connectivity index (χ0v) is 7.10. The van der Waals surface area contributed by atoms with Gasteiger partial charge in [0.25, 0.3) is 0 Å². The fourth-order valence-electron chi connectivity index (χ4n) is 2.35. The Morgan fingerprint density at radius 2 is 1.64 bits per heavy atom. The Bertz CT molecular complexity index is 102. The first-order chi connectivity index (χ1) is 5.41. The van der Waals surface area contributed by atoms with E-state index < -0.39 is 0 Å². The minimum absolute atomic E-state index is 0.372. The lowest BCUT2D eigenvalue weighted by Gasteiger charge is -2.39. The van der Waals surface area contributed by atoms with E-state index in [0.29, 0.717) is 5.54 Å². The van der Waals surface area contributed by atoms with E-state index in [1.54, 1.807) is 0 Å². The van der Waals surface area contributed by atoms with Crippen LogP contribution in [0.3, 0.4) is 0 Å². The van der Waals surface area contributed by atoms with Crippen LogP contribution in [0.5, 0.6) is 0 Å². The minimum atomic E-state index is 0.372. The van der Waals surface area contributed by atoms with Crippen LogP contribution in [0.2, 0.25) is 0 Å². The van der Waals surface area contributed by atoms with Crippen molar-refractivity contribution in [3.8, 4) is 0 Å². The summed E-state index contributed by atoms with van der Waals surface area (Å²) in [6, 6.07) is 0. The van der Waals surface area contributed by atoms with Gasteiger partial charge in [0, 0.05) is 6.54 Å². The van der Waals surface area contributed by atoms with E-state index >= 15 is 0 Å². The fraction of sp³-hybridized carbons (Fsp3) is 1.00. The second kappa shape index (κ2) is 3.11. The van der Waals surface area contributed by atoms with Gasteiger partial charge >= 0.3 is 0 Å². The Balaban J connectivity index is 1.94. The molecule has 0 unspecified atom stereocenters. The third kappa shape index (κ3) is 1.57. The third-order valence-electron chi connectivity index (χ3n) is 3.03. The molecule has 1 aliphatic carbocycles. The molecular weight excluding hydrogens is 136 g/mol. The van der Waals surface area contributed by atoms with Gasteiger partial charge in [0.1, 0.15) is 0 Å². The summed E-state index contributed by atoms with van der Waals surface area (Å²) in [6.07, 6.45) is 9.54. The normalized spacial score (nSPS) is 30.5. The molecule has 1 radical (unpaired) electrons. The van der Waals surface area contributed by atoms with Crippen molar-refractivity contribution in [1.82, 2.24) is 10.9 Å². The number of nitrogens with zero attached hydrogens (tertiary/aromatic N) is 1. The molecular formula is C9H17N2. The molecule has 2 nitrogen and oxygen atoms in total. The minimum Gasteiger partial charge on any atom is -0.240 e. The number of nitrogens with one attached hydrogen (secondary N) is 1. The molecule has 1 saturated heterocycles. The monoisotopic (exact) mass is 153 g/mol. The Morgan fingerprint density at radius 1 is 0.909 bits per heavy atom. The highest BCUT2D eigenvalue weighted by molar-refractivity contribution is 4.91. The van der Waals surface area contributed by atoms with Crippen LogP contribution in [-0.2, 0) is 0 Å². The highest BCUT2D eigenvalue weighted by Gasteiger charge is 2.34. The van der Waals surface area contributed by atoms with Gasteiger partial charge in [0.15, 0.2) is 0 Å². The smallest absolute Gasteiger partial charge is 0.0526 e. The summed E-state index contributed by atoms with van der Waals surface area (Å²) >= 11 is 0. The lowest BCUT2D eigenvalue weighted by molar-refractivity contribution is 0.149. The van der Waals surface area contributed by atoms with Crippen LogP contribution < -0.4 is 10.9 Å². The Hall–Kier alpha value is -0.0800. The standard InChI is InChI=1S/C9H17N2/c1-2-5-9(6-3-1)7-4-8-10-11-9/h10H,1-8H2. The van der Waals surface area contributed by atoms with Crippen LogP contribution in [0.4, 0.5) is 0 Å². The molecule has 0 aromatic carbocycles. The molecule has 2 aliphatic rings. The topological polar surface area (TPSA) is 26.1 Å². The molecule has 1 aliphatic heterocycles. The lowest BCUT2D eigenvalue weighted by Crippen LogP contribution is -2.51. The first-order valence-electron chi connectivity index (χ1n) is 4.86. The van der Waals surface area contributed by atoms with E-state index in [2.05, 4.69) is 10.9 Å². The van der Waals surface area contributed by atoms with Crippen LogP contribution in [0.1, 0.15) is 44.9 Å². The van der Waals surface area contributed by atoms with Crippen LogP contribution in [-0.4, -0.2) is 12.1 Å². The van der Waals surface area contributed by atoms with Crippen molar-refractivity contribution in [3.63, 3.8) is 0 Å². The van der Waals surface area contributed by atoms with E-state index in [0.717, 1.165) is 6.54 Å². The maximum Gasteiger partial charge on any atom is 0.0526 e. The maximum atomic E-state index is 4.57. The van der Waals surface area contributed by atoms with Crippen molar-refractivity contribution in [2.45, 2.75) is 50.5 Å². The average Bonchev–Trinajstić information content (AvgIpc) is 2.07. The molecule has 1 saturated carbocycles. The Kier molecular flexibility index (Phi) is 2.14. The predicted molar refractivity (Wildman–Crippen MR) is 45.2 cm³/mol. The van der Waals surface area contributed by atoms with Crippen molar-refractivity contribution in [2.75, 3.05) is 6.54 Å². The molecule has 0 amide bonds. The van der Waals surface area contributed by atoms with Gasteiger partial charge in [-0.3, -0.25) is 0 Å². The number of hydrogen-bond acceptors (Lipinski definition) is 1. The average molecular weight is 153 g/mol. The summed E-state index contributed by atoms with van der Waals surface area (Å²) in [5, 5.41) is 0. The first-order valence-corrected chi connectivity index (χ1v) is 4.86. The highest BCUT2D eigenvalue weighted by Crippen LogP contribution is 2.33. The summed E-state index contributed by atoms with van der Waals surface area (Å²) in [7, 11) is 0. The molecule has 0 atom stereocenters. The van der Waals surface area contributed by atoms with Gasteiger partial charge in [-0.15, -0.1) is 0 Å². The number of rotatable bonds is 0. The van der Waals surface area contributed by atoms with Crippen LogP contribution in [0, 0.1) is 0 Å². The Labute approximate surface area is 68.7 Å². The second-order valence-electron chi connectivity index (χ2n) is 3.91. The van der Waals surface area contributed by atoms with Crippen molar-refractivity contribution in [3.05, 3.63) is 0 Å². The fourth-order valence-corrected chi connectivity index (χ4v) is 2.35. The SMILES string of the molecule is C1CCC2(CC1)CCCN[N]2. The van der Waals surface area contributed by atoms with Crippen molar-refractivity contribution < 1.29 is 0 Å². The van der Waals surface area contributed by atoms with Crippen molar-refractivity contribution in [1.29, 1.82) is 0 Å². The quantitative estimate of drug-likeness (QED) is 0.562. The van der Waals surface area contributed by atoms with Gasteiger partial charge in [0.2, 0.25) is 0 Å². The van der Waals surface area contributed by atoms with Gasteiger partial charge in [-0.05, 0) is 25.7 Å². The molecule has 2 heteroatoms. The van der Waals surface area contributed by atoms with E-state index in [-0.39, 0.29) is 0 Å². The van der Waals surface area contributed by atoms with Gasteiger partial charge in [-0.25, -0.2) is 5.43 Å². The zero-order valence-electron chi connectivity index (χ0n) is 7.10. The summed E-state index contributed by atoms with van der Waals surface area (Å²) in [4.78, 5) is 0. The number of hydrogen-bond donors (Lipinski definition) is 1. The molecule has 1 spiro atoms. The third-order valence-corrected chi connectivity index (χ3v) is 3.03. The van der Waals surface area contributed by atoms with E-state index in [1.165, 1.54) is 44.9 Å². The molecule has 0 aromatic heterocycles. The van der Waals surface area contributed by atoms with Crippen LogP contribution in [0.25, 0.3) is 0 Å².